The van der Waals surface area contributed by atoms with Gasteiger partial charge in [-0.25, -0.2) is 8.78 Å². The highest BCUT2D eigenvalue weighted by Crippen LogP contribution is 2.30. The van der Waals surface area contributed by atoms with Gasteiger partial charge in [-0.1, -0.05) is 19.1 Å². The molecule has 1 unspecified atom stereocenters. The molecule has 0 bridgehead atoms. The summed E-state index contributed by atoms with van der Waals surface area (Å²) >= 11 is 0. The van der Waals surface area contributed by atoms with Crippen molar-refractivity contribution in [1.82, 2.24) is 9.88 Å². The molecule has 8 nitrogen and oxygen atoms in total. The number of ether oxygens (including phenoxy) is 1. The largest absolute Gasteiger partial charge is 0.481 e. The van der Waals surface area contributed by atoms with E-state index >= 15 is 4.39 Å². The first kappa shape index (κ1) is 26.5. The Balaban J connectivity index is 1.42. The molecule has 1 aliphatic rings. The van der Waals surface area contributed by atoms with Crippen LogP contribution in [0.5, 0.6) is 0 Å². The third-order valence-electron chi connectivity index (χ3n) is 6.91. The standard InChI is InChI=1S/C27H31F2N3O5/c1-4-23(36-19-10-6-16(7-11-19)26(34)35)32(3)22(33)13-17-8-12-20-25(24(17)29)37-27(30-20)31-21-14-18(28)9-5-15(21)2/h5,8-9,12,14,16,19,23H,4,6-7,10-11,13H2,1-3H3,(H,30,31)(H,34,35). The first-order valence-electron chi connectivity index (χ1n) is 12.4. The number of carboxylic acid groups (broad SMARTS) is 1. The lowest BCUT2D eigenvalue weighted by Crippen LogP contribution is -2.42. The molecule has 1 fully saturated rings. The number of aromatic nitrogens is 1. The molecule has 1 saturated carbocycles. The molecule has 1 aliphatic carbocycles. The van der Waals surface area contributed by atoms with E-state index in [0.717, 1.165) is 5.56 Å². The van der Waals surface area contributed by atoms with Crippen LogP contribution in [-0.2, 0) is 20.7 Å². The van der Waals surface area contributed by atoms with Crippen molar-refractivity contribution in [3.8, 4) is 0 Å². The summed E-state index contributed by atoms with van der Waals surface area (Å²) in [5.41, 5.74) is 1.55. The van der Waals surface area contributed by atoms with Crippen molar-refractivity contribution in [3.63, 3.8) is 0 Å². The van der Waals surface area contributed by atoms with Crippen LogP contribution in [0.25, 0.3) is 11.1 Å². The number of anilines is 2. The SMILES string of the molecule is CCC(OC1CCC(C(=O)O)CC1)N(C)C(=O)Cc1ccc2nc(Nc3cc(F)ccc3C)oc2c1F. The number of carboxylic acids is 1. The summed E-state index contributed by atoms with van der Waals surface area (Å²) in [4.78, 5) is 29.9. The Hall–Kier alpha value is -3.53. The number of hydrogen-bond donors (Lipinski definition) is 2. The number of aliphatic carboxylic acids is 1. The number of nitrogens with zero attached hydrogens (tertiary/aromatic N) is 2. The molecule has 0 aliphatic heterocycles. The zero-order valence-electron chi connectivity index (χ0n) is 21.1. The minimum absolute atomic E-state index is 0.0141. The van der Waals surface area contributed by atoms with Gasteiger partial charge in [-0.2, -0.15) is 4.98 Å². The Morgan fingerprint density at radius 1 is 1.22 bits per heavy atom. The maximum Gasteiger partial charge on any atom is 0.306 e. The van der Waals surface area contributed by atoms with Crippen molar-refractivity contribution in [2.24, 2.45) is 5.92 Å². The van der Waals surface area contributed by atoms with Gasteiger partial charge in [0.1, 0.15) is 17.6 Å². The monoisotopic (exact) mass is 515 g/mol. The normalized spacial score (nSPS) is 18.5. The second kappa shape index (κ2) is 11.2. The number of halogens is 2. The van der Waals surface area contributed by atoms with Gasteiger partial charge in [0.15, 0.2) is 11.4 Å². The highest BCUT2D eigenvalue weighted by atomic mass is 19.1. The van der Waals surface area contributed by atoms with Gasteiger partial charge in [0, 0.05) is 18.3 Å². The molecule has 1 amide bonds. The van der Waals surface area contributed by atoms with E-state index in [0.29, 0.717) is 37.8 Å². The number of hydrogen-bond acceptors (Lipinski definition) is 6. The number of rotatable bonds is 9. The predicted octanol–water partition coefficient (Wildman–Crippen LogP) is 5.56. The quantitative estimate of drug-likeness (QED) is 0.360. The molecule has 4 rings (SSSR count). The molecule has 198 valence electrons. The molecule has 3 aromatic rings. The zero-order valence-corrected chi connectivity index (χ0v) is 21.1. The summed E-state index contributed by atoms with van der Waals surface area (Å²) in [6, 6.07) is 7.33. The van der Waals surface area contributed by atoms with Gasteiger partial charge < -0.3 is 24.5 Å². The fraction of sp³-hybridized carbons (Fsp3) is 0.444. The highest BCUT2D eigenvalue weighted by molar-refractivity contribution is 5.82. The predicted molar refractivity (Wildman–Crippen MR) is 133 cm³/mol. The Morgan fingerprint density at radius 3 is 2.62 bits per heavy atom. The number of carbonyl (C=O) groups is 2. The lowest BCUT2D eigenvalue weighted by Gasteiger charge is -2.34. The fourth-order valence-corrected chi connectivity index (χ4v) is 4.61. The van der Waals surface area contributed by atoms with Crippen LogP contribution < -0.4 is 5.32 Å². The average molecular weight is 516 g/mol. The summed E-state index contributed by atoms with van der Waals surface area (Å²) in [6.45, 7) is 3.69. The van der Waals surface area contributed by atoms with E-state index in [2.05, 4.69) is 10.3 Å². The van der Waals surface area contributed by atoms with Gasteiger partial charge in [-0.15, -0.1) is 0 Å². The number of benzene rings is 2. The third kappa shape index (κ3) is 6.07. The van der Waals surface area contributed by atoms with Crippen molar-refractivity contribution < 1.29 is 32.6 Å². The van der Waals surface area contributed by atoms with Gasteiger partial charge in [0.05, 0.1) is 18.4 Å². The minimum atomic E-state index is -0.782. The number of fused-ring (bicyclic) bond motifs is 1. The van der Waals surface area contributed by atoms with Crippen molar-refractivity contribution in [3.05, 3.63) is 53.1 Å². The van der Waals surface area contributed by atoms with Crippen molar-refractivity contribution >= 4 is 34.7 Å². The molecular formula is C27H31F2N3O5. The van der Waals surface area contributed by atoms with Crippen LogP contribution in [0.15, 0.2) is 34.7 Å². The maximum absolute atomic E-state index is 15.3. The average Bonchev–Trinajstić information content (AvgIpc) is 3.29. The number of carbonyl (C=O) groups excluding carboxylic acids is 1. The summed E-state index contributed by atoms with van der Waals surface area (Å²) in [5, 5.41) is 12.0. The van der Waals surface area contributed by atoms with Gasteiger partial charge >= 0.3 is 5.97 Å². The summed E-state index contributed by atoms with van der Waals surface area (Å²) in [6.07, 6.45) is 2.07. The number of nitrogens with one attached hydrogen (secondary N) is 1. The Kier molecular flexibility index (Phi) is 8.06. The summed E-state index contributed by atoms with van der Waals surface area (Å²) in [5.74, 6) is -2.56. The molecule has 1 heterocycles. The third-order valence-corrected chi connectivity index (χ3v) is 6.91. The van der Waals surface area contributed by atoms with Crippen LogP contribution in [0.1, 0.15) is 50.2 Å². The lowest BCUT2D eigenvalue weighted by molar-refractivity contribution is -0.154. The van der Waals surface area contributed by atoms with Crippen LogP contribution in [0.2, 0.25) is 0 Å². The smallest absolute Gasteiger partial charge is 0.306 e. The van der Waals surface area contributed by atoms with Gasteiger partial charge in [-0.05, 0) is 62.8 Å². The Bertz CT molecular complexity index is 1290. The van der Waals surface area contributed by atoms with E-state index < -0.39 is 23.8 Å². The maximum atomic E-state index is 15.3. The second-order valence-corrected chi connectivity index (χ2v) is 9.48. The van der Waals surface area contributed by atoms with E-state index in [1.807, 2.05) is 6.92 Å². The number of amides is 1. The molecule has 2 aromatic carbocycles. The topological polar surface area (TPSA) is 105 Å². The Labute approximate surface area is 213 Å². The zero-order chi connectivity index (χ0) is 26.7. The minimum Gasteiger partial charge on any atom is -0.481 e. The fourth-order valence-electron chi connectivity index (χ4n) is 4.61. The molecular weight excluding hydrogens is 484 g/mol. The summed E-state index contributed by atoms with van der Waals surface area (Å²) < 4.78 is 40.6. The molecule has 37 heavy (non-hydrogen) atoms. The van der Waals surface area contributed by atoms with Crippen molar-refractivity contribution in [2.75, 3.05) is 12.4 Å². The van der Waals surface area contributed by atoms with Crippen molar-refractivity contribution in [1.29, 1.82) is 0 Å². The van der Waals surface area contributed by atoms with Crippen LogP contribution in [0, 0.1) is 24.5 Å². The molecule has 0 radical (unpaired) electrons. The first-order valence-corrected chi connectivity index (χ1v) is 12.4. The van der Waals surface area contributed by atoms with Crippen LogP contribution in [0.3, 0.4) is 0 Å². The van der Waals surface area contributed by atoms with Gasteiger partial charge in [0.2, 0.25) is 5.91 Å². The van der Waals surface area contributed by atoms with Crippen molar-refractivity contribution in [2.45, 2.75) is 64.7 Å². The first-order chi connectivity index (χ1) is 17.7. The van der Waals surface area contributed by atoms with Crippen LogP contribution >= 0.6 is 0 Å². The highest BCUT2D eigenvalue weighted by Gasteiger charge is 2.30. The molecule has 1 aromatic heterocycles. The molecule has 1 atom stereocenters. The Morgan fingerprint density at radius 2 is 1.95 bits per heavy atom. The lowest BCUT2D eigenvalue weighted by atomic mass is 9.87. The van der Waals surface area contributed by atoms with E-state index in [1.165, 1.54) is 23.1 Å². The number of oxazole rings is 1. The van der Waals surface area contributed by atoms with E-state index in [4.69, 9.17) is 9.15 Å². The number of likely N-dealkylation sites (N-methyl/N-ethyl adjacent to an activating group) is 1. The van der Waals surface area contributed by atoms with Crippen LogP contribution in [-0.4, -0.2) is 46.2 Å². The second-order valence-electron chi connectivity index (χ2n) is 9.48. The van der Waals surface area contributed by atoms with E-state index in [9.17, 15) is 19.1 Å². The molecule has 0 spiro atoms. The van der Waals surface area contributed by atoms with Crippen LogP contribution in [0.4, 0.5) is 20.5 Å². The van der Waals surface area contributed by atoms with E-state index in [1.54, 1.807) is 26.1 Å². The summed E-state index contributed by atoms with van der Waals surface area (Å²) in [7, 11) is 1.62. The van der Waals surface area contributed by atoms with Gasteiger partial charge in [-0.3, -0.25) is 9.59 Å². The molecule has 0 saturated heterocycles. The molecule has 2 N–H and O–H groups in total. The molecule has 10 heteroatoms. The number of aryl methyl sites for hydroxylation is 1. The van der Waals surface area contributed by atoms with E-state index in [-0.39, 0.29) is 47.0 Å². The van der Waals surface area contributed by atoms with Gasteiger partial charge in [0.25, 0.3) is 6.01 Å².